The van der Waals surface area contributed by atoms with Gasteiger partial charge in [-0.05, 0) is 54.4 Å². The minimum absolute atomic E-state index is 0.0835. The lowest BCUT2D eigenvalue weighted by atomic mass is 10.1. The summed E-state index contributed by atoms with van der Waals surface area (Å²) in [7, 11) is -3.70. The van der Waals surface area contributed by atoms with Crippen LogP contribution in [0.2, 0.25) is 5.02 Å². The second kappa shape index (κ2) is 10.2. The number of nitrogens with one attached hydrogen (secondary N) is 2. The summed E-state index contributed by atoms with van der Waals surface area (Å²) < 4.78 is 24.3. The van der Waals surface area contributed by atoms with Crippen molar-refractivity contribution in [1.82, 2.24) is 25.1 Å². The Kier molecular flexibility index (Phi) is 7.06. The van der Waals surface area contributed by atoms with Crippen LogP contribution in [0.15, 0.2) is 65.6 Å². The van der Waals surface area contributed by atoms with Crippen molar-refractivity contribution in [3.05, 3.63) is 82.6 Å². The smallest absolute Gasteiger partial charge is 0.251 e. The highest BCUT2D eigenvalue weighted by Gasteiger charge is 2.10. The topological polar surface area (TPSA) is 144 Å². The number of carbonyl (C=O) groups excluding carboxylic acids is 1. The summed E-state index contributed by atoms with van der Waals surface area (Å²) in [5, 5.41) is 24.5. The lowest BCUT2D eigenvalue weighted by molar-refractivity contribution is 0.0954. The van der Waals surface area contributed by atoms with E-state index in [-0.39, 0.29) is 10.8 Å². The molecule has 2 aromatic heterocycles. The fraction of sp³-hybridized carbons (Fsp3) is 0.182. The van der Waals surface area contributed by atoms with Crippen LogP contribution in [0, 0.1) is 0 Å². The number of halogens is 1. The maximum Gasteiger partial charge on any atom is 0.251 e. The molecule has 2 heterocycles. The van der Waals surface area contributed by atoms with Gasteiger partial charge in [0.2, 0.25) is 10.0 Å². The Labute approximate surface area is 201 Å². The van der Waals surface area contributed by atoms with Crippen LogP contribution < -0.4 is 15.8 Å². The van der Waals surface area contributed by atoms with Gasteiger partial charge in [0.05, 0.1) is 4.90 Å². The summed E-state index contributed by atoms with van der Waals surface area (Å²) in [6, 6.07) is 16.8. The highest BCUT2D eigenvalue weighted by atomic mass is 35.5. The first-order valence-corrected chi connectivity index (χ1v) is 12.3. The number of anilines is 1. The minimum atomic E-state index is -3.70. The molecule has 176 valence electrons. The van der Waals surface area contributed by atoms with Crippen molar-refractivity contribution in [3.8, 4) is 0 Å². The van der Waals surface area contributed by atoms with Gasteiger partial charge < -0.3 is 10.6 Å². The summed E-state index contributed by atoms with van der Waals surface area (Å²) in [6.45, 7) is 0.945. The number of nitrogens with two attached hydrogens (primary N) is 1. The molecule has 0 saturated heterocycles. The largest absolute Gasteiger partial charge is 0.368 e. The molecule has 0 unspecified atom stereocenters. The monoisotopic (exact) mass is 499 g/mol. The number of hydrogen-bond acceptors (Lipinski definition) is 7. The number of fused-ring (bicyclic) bond motifs is 1. The molecule has 0 aliphatic carbocycles. The van der Waals surface area contributed by atoms with Gasteiger partial charge in [-0.3, -0.25) is 4.79 Å². The van der Waals surface area contributed by atoms with Crippen molar-refractivity contribution >= 4 is 39.0 Å². The molecule has 0 saturated carbocycles. The molecule has 0 aliphatic heterocycles. The number of sulfonamides is 1. The van der Waals surface area contributed by atoms with Gasteiger partial charge in [0.25, 0.3) is 5.91 Å². The van der Waals surface area contributed by atoms with E-state index in [2.05, 4.69) is 25.9 Å². The zero-order valence-electron chi connectivity index (χ0n) is 18.0. The lowest BCUT2D eigenvalue weighted by Gasteiger charge is -2.08. The number of primary sulfonamides is 1. The predicted octanol–water partition coefficient (Wildman–Crippen LogP) is 2.05. The van der Waals surface area contributed by atoms with E-state index in [1.54, 1.807) is 53.0 Å². The Hall–Kier alpha value is -3.54. The van der Waals surface area contributed by atoms with Gasteiger partial charge in [-0.2, -0.15) is 4.52 Å². The summed E-state index contributed by atoms with van der Waals surface area (Å²) in [5.74, 6) is 1.03. The highest BCUT2D eigenvalue weighted by Crippen LogP contribution is 2.12. The fourth-order valence-corrected chi connectivity index (χ4v) is 3.99. The normalized spacial score (nSPS) is 11.5. The van der Waals surface area contributed by atoms with Gasteiger partial charge in [-0.1, -0.05) is 29.8 Å². The molecule has 0 aliphatic rings. The molecule has 10 nitrogen and oxygen atoms in total. The predicted molar refractivity (Wildman–Crippen MR) is 128 cm³/mol. The summed E-state index contributed by atoms with van der Waals surface area (Å²) in [4.78, 5) is 12.4. The van der Waals surface area contributed by atoms with E-state index in [1.165, 1.54) is 12.1 Å². The van der Waals surface area contributed by atoms with E-state index < -0.39 is 10.0 Å². The molecule has 0 radical (unpaired) electrons. The minimum Gasteiger partial charge on any atom is -0.368 e. The van der Waals surface area contributed by atoms with E-state index in [9.17, 15) is 13.2 Å². The van der Waals surface area contributed by atoms with Crippen molar-refractivity contribution in [2.24, 2.45) is 5.14 Å². The lowest BCUT2D eigenvalue weighted by Crippen LogP contribution is -2.26. The van der Waals surface area contributed by atoms with Gasteiger partial charge >= 0.3 is 0 Å². The third kappa shape index (κ3) is 5.87. The van der Waals surface area contributed by atoms with Gasteiger partial charge in [0.15, 0.2) is 11.5 Å². The molecule has 0 atom stereocenters. The number of amides is 1. The van der Waals surface area contributed by atoms with Crippen LogP contribution in [0.4, 0.5) is 5.82 Å². The molecule has 0 bridgehead atoms. The Balaban J connectivity index is 1.33. The van der Waals surface area contributed by atoms with Crippen LogP contribution in [-0.2, 0) is 22.9 Å². The second-order valence-electron chi connectivity index (χ2n) is 7.49. The summed E-state index contributed by atoms with van der Waals surface area (Å²) >= 11 is 5.94. The van der Waals surface area contributed by atoms with E-state index in [1.807, 2.05) is 0 Å². The van der Waals surface area contributed by atoms with Crippen molar-refractivity contribution < 1.29 is 13.2 Å². The molecule has 0 spiro atoms. The van der Waals surface area contributed by atoms with Crippen LogP contribution in [0.25, 0.3) is 5.65 Å². The number of benzene rings is 2. The van der Waals surface area contributed by atoms with Crippen LogP contribution >= 0.6 is 11.6 Å². The van der Waals surface area contributed by atoms with Crippen molar-refractivity contribution in [1.29, 1.82) is 0 Å². The van der Waals surface area contributed by atoms with Gasteiger partial charge in [-0.25, -0.2) is 13.6 Å². The Morgan fingerprint density at radius 2 is 1.79 bits per heavy atom. The summed E-state index contributed by atoms with van der Waals surface area (Å²) in [6.07, 6.45) is 1.11. The van der Waals surface area contributed by atoms with Crippen molar-refractivity contribution in [2.45, 2.75) is 17.7 Å². The molecule has 34 heavy (non-hydrogen) atoms. The van der Waals surface area contributed by atoms with E-state index in [0.29, 0.717) is 53.8 Å². The number of hydrogen-bond donors (Lipinski definition) is 3. The van der Waals surface area contributed by atoms with Crippen LogP contribution in [0.5, 0.6) is 0 Å². The Morgan fingerprint density at radius 3 is 2.53 bits per heavy atom. The zero-order valence-corrected chi connectivity index (χ0v) is 19.6. The zero-order chi connectivity index (χ0) is 24.1. The SMILES string of the molecule is NS(=O)(=O)c1ccc(CCNc2ccc3nnc(CCNC(=O)c4cccc(Cl)c4)n3n2)cc1. The van der Waals surface area contributed by atoms with Crippen LogP contribution in [0.1, 0.15) is 21.7 Å². The molecule has 12 heteroatoms. The molecule has 0 fully saturated rings. The maximum absolute atomic E-state index is 12.3. The summed E-state index contributed by atoms with van der Waals surface area (Å²) in [5.41, 5.74) is 2.05. The number of rotatable bonds is 9. The van der Waals surface area contributed by atoms with E-state index >= 15 is 0 Å². The molecule has 4 aromatic rings. The Morgan fingerprint density at radius 1 is 1.00 bits per heavy atom. The first-order chi connectivity index (χ1) is 16.3. The second-order valence-corrected chi connectivity index (χ2v) is 9.48. The standard InChI is InChI=1S/C22H22ClN7O3S/c23-17-3-1-2-16(14-17)22(31)26-13-11-21-28-27-20-9-8-19(29-30(20)21)25-12-10-15-4-6-18(7-5-15)34(24,32)33/h1-9,14H,10-13H2,(H,25,29)(H,26,31)(H2,24,32,33). The van der Waals surface area contributed by atoms with Gasteiger partial charge in [0, 0.05) is 30.1 Å². The fourth-order valence-electron chi connectivity index (χ4n) is 3.28. The number of carbonyl (C=O) groups is 1. The average Bonchev–Trinajstić information content (AvgIpc) is 3.21. The van der Waals surface area contributed by atoms with Gasteiger partial charge in [0.1, 0.15) is 5.82 Å². The first kappa shape index (κ1) is 23.6. The third-order valence-electron chi connectivity index (χ3n) is 5.02. The molecule has 1 amide bonds. The molecule has 4 N–H and O–H groups in total. The molecular formula is C22H22ClN7O3S. The van der Waals surface area contributed by atoms with Crippen molar-refractivity contribution in [3.63, 3.8) is 0 Å². The van der Waals surface area contributed by atoms with E-state index in [4.69, 9.17) is 16.7 Å². The Bertz CT molecular complexity index is 1420. The molecular weight excluding hydrogens is 478 g/mol. The average molecular weight is 500 g/mol. The van der Waals surface area contributed by atoms with Crippen LogP contribution in [-0.4, -0.2) is 47.2 Å². The van der Waals surface area contributed by atoms with Crippen molar-refractivity contribution in [2.75, 3.05) is 18.4 Å². The van der Waals surface area contributed by atoms with Crippen LogP contribution in [0.3, 0.4) is 0 Å². The number of nitrogens with zero attached hydrogens (tertiary/aromatic N) is 4. The van der Waals surface area contributed by atoms with Gasteiger partial charge in [-0.15, -0.1) is 15.3 Å². The van der Waals surface area contributed by atoms with E-state index in [0.717, 1.165) is 5.56 Å². The molecule has 2 aromatic carbocycles. The first-order valence-electron chi connectivity index (χ1n) is 10.4. The third-order valence-corrected chi connectivity index (χ3v) is 6.18. The quantitative estimate of drug-likeness (QED) is 0.319. The highest BCUT2D eigenvalue weighted by molar-refractivity contribution is 7.89. The molecule has 4 rings (SSSR count). The number of aromatic nitrogens is 4. The maximum atomic E-state index is 12.3.